The number of hydrogen-bond acceptors (Lipinski definition) is 5. The summed E-state index contributed by atoms with van der Waals surface area (Å²) in [4.78, 5) is 34.7. The maximum atomic E-state index is 11.7. The molecule has 0 aliphatic carbocycles. The zero-order valence-electron chi connectivity index (χ0n) is 10.6. The van der Waals surface area contributed by atoms with E-state index < -0.39 is 17.4 Å². The lowest BCUT2D eigenvalue weighted by Gasteiger charge is -2.09. The first-order valence-electron chi connectivity index (χ1n) is 5.56. The molecule has 0 unspecified atom stereocenters. The molecule has 0 fully saturated rings. The molecule has 0 atom stereocenters. The molecule has 1 rings (SSSR count). The van der Waals surface area contributed by atoms with Crippen LogP contribution in [0.25, 0.3) is 0 Å². The summed E-state index contributed by atoms with van der Waals surface area (Å²) in [5.74, 6) is -1.30. The van der Waals surface area contributed by atoms with Gasteiger partial charge < -0.3 is 14.0 Å². The molecular formula is C12H15NO5. The van der Waals surface area contributed by atoms with Crippen molar-refractivity contribution >= 4 is 11.9 Å². The van der Waals surface area contributed by atoms with Crippen molar-refractivity contribution in [3.8, 4) is 0 Å². The number of aryl methyl sites for hydroxylation is 1. The number of rotatable bonds is 4. The van der Waals surface area contributed by atoms with Gasteiger partial charge in [-0.15, -0.1) is 0 Å². The maximum absolute atomic E-state index is 11.7. The van der Waals surface area contributed by atoms with Crippen LogP contribution in [0, 0.1) is 0 Å². The van der Waals surface area contributed by atoms with E-state index in [0.29, 0.717) is 0 Å². The monoisotopic (exact) mass is 253 g/mol. The van der Waals surface area contributed by atoms with E-state index >= 15 is 0 Å². The van der Waals surface area contributed by atoms with Gasteiger partial charge >= 0.3 is 11.9 Å². The minimum Gasteiger partial charge on any atom is -0.462 e. The minimum atomic E-state index is -0.700. The summed E-state index contributed by atoms with van der Waals surface area (Å²) < 4.78 is 10.9. The Morgan fingerprint density at radius 1 is 1.17 bits per heavy atom. The fraction of sp³-hybridized carbons (Fsp3) is 0.417. The zero-order valence-corrected chi connectivity index (χ0v) is 10.6. The highest BCUT2D eigenvalue weighted by Crippen LogP contribution is 2.02. The highest BCUT2D eigenvalue weighted by Gasteiger charge is 2.17. The first-order chi connectivity index (χ1) is 8.51. The van der Waals surface area contributed by atoms with E-state index in [9.17, 15) is 14.4 Å². The Morgan fingerprint density at radius 2 is 1.72 bits per heavy atom. The molecule has 0 spiro atoms. The van der Waals surface area contributed by atoms with Crippen LogP contribution in [-0.2, 0) is 16.5 Å². The predicted molar refractivity (Wildman–Crippen MR) is 63.6 cm³/mol. The Morgan fingerprint density at radius 3 is 2.28 bits per heavy atom. The fourth-order valence-electron chi connectivity index (χ4n) is 1.40. The van der Waals surface area contributed by atoms with Gasteiger partial charge in [-0.05, 0) is 13.8 Å². The lowest BCUT2D eigenvalue weighted by atomic mass is 10.2. The quantitative estimate of drug-likeness (QED) is 0.740. The number of pyridine rings is 1. The Bertz CT molecular complexity index is 518. The molecule has 0 aliphatic heterocycles. The standard InChI is InChI=1S/C12H15NO5/c1-4-17-11(15)8-7-13(3)9(6-10(8)14)12(16)18-5-2/h6-7H,4-5H2,1-3H3. The number of ether oxygens (including phenoxy) is 2. The molecule has 0 radical (unpaired) electrons. The van der Waals surface area contributed by atoms with E-state index in [2.05, 4.69) is 0 Å². The van der Waals surface area contributed by atoms with Crippen LogP contribution in [-0.4, -0.2) is 29.7 Å². The normalized spacial score (nSPS) is 9.94. The predicted octanol–water partition coefficient (Wildman–Crippen LogP) is 0.739. The van der Waals surface area contributed by atoms with Gasteiger partial charge in [0, 0.05) is 19.3 Å². The topological polar surface area (TPSA) is 74.6 Å². The van der Waals surface area contributed by atoms with Crippen LogP contribution >= 0.6 is 0 Å². The minimum absolute atomic E-state index is 0.0925. The lowest BCUT2D eigenvalue weighted by molar-refractivity contribution is 0.0499. The van der Waals surface area contributed by atoms with Crippen LogP contribution in [0.2, 0.25) is 0 Å². The smallest absolute Gasteiger partial charge is 0.355 e. The molecule has 98 valence electrons. The Hall–Kier alpha value is -2.11. The molecule has 0 amide bonds. The Labute approximate surface area is 104 Å². The second-order valence-corrected chi connectivity index (χ2v) is 3.49. The van der Waals surface area contributed by atoms with E-state index in [1.165, 1.54) is 10.8 Å². The second kappa shape index (κ2) is 6.00. The number of aromatic nitrogens is 1. The maximum Gasteiger partial charge on any atom is 0.355 e. The fourth-order valence-corrected chi connectivity index (χ4v) is 1.40. The van der Waals surface area contributed by atoms with Gasteiger partial charge in [0.2, 0.25) is 0 Å². The van der Waals surface area contributed by atoms with Gasteiger partial charge in [0.15, 0.2) is 5.43 Å². The zero-order chi connectivity index (χ0) is 13.7. The molecule has 0 aliphatic rings. The number of carbonyl (C=O) groups excluding carboxylic acids is 2. The van der Waals surface area contributed by atoms with Crippen molar-refractivity contribution in [3.63, 3.8) is 0 Å². The molecule has 0 saturated heterocycles. The molecule has 1 aromatic rings. The average Bonchev–Trinajstić information content (AvgIpc) is 2.32. The summed E-state index contributed by atoms with van der Waals surface area (Å²) in [5.41, 5.74) is -0.572. The number of nitrogens with zero attached hydrogens (tertiary/aromatic N) is 1. The summed E-state index contributed by atoms with van der Waals surface area (Å²) in [6.45, 7) is 3.71. The van der Waals surface area contributed by atoms with Gasteiger partial charge in [0.05, 0.1) is 13.2 Å². The van der Waals surface area contributed by atoms with Crippen LogP contribution in [0.15, 0.2) is 17.1 Å². The summed E-state index contributed by atoms with van der Waals surface area (Å²) in [5, 5.41) is 0. The third-order valence-electron chi connectivity index (χ3n) is 2.22. The highest BCUT2D eigenvalue weighted by atomic mass is 16.5. The van der Waals surface area contributed by atoms with E-state index in [1.807, 2.05) is 0 Å². The van der Waals surface area contributed by atoms with Crippen LogP contribution < -0.4 is 5.43 Å². The average molecular weight is 253 g/mol. The largest absolute Gasteiger partial charge is 0.462 e. The third kappa shape index (κ3) is 2.97. The third-order valence-corrected chi connectivity index (χ3v) is 2.22. The van der Waals surface area contributed by atoms with Crippen LogP contribution in [0.5, 0.6) is 0 Å². The molecule has 1 aromatic heterocycles. The van der Waals surface area contributed by atoms with Gasteiger partial charge in [-0.2, -0.15) is 0 Å². The number of hydrogen-bond donors (Lipinski definition) is 0. The highest BCUT2D eigenvalue weighted by molar-refractivity contribution is 5.91. The van der Waals surface area contributed by atoms with E-state index in [1.54, 1.807) is 20.9 Å². The van der Waals surface area contributed by atoms with E-state index in [4.69, 9.17) is 9.47 Å². The Kier molecular flexibility index (Phi) is 4.65. The molecule has 0 saturated carbocycles. The summed E-state index contributed by atoms with van der Waals surface area (Å²) in [7, 11) is 1.55. The second-order valence-electron chi connectivity index (χ2n) is 3.49. The summed E-state index contributed by atoms with van der Waals surface area (Å²) >= 11 is 0. The van der Waals surface area contributed by atoms with Crippen molar-refractivity contribution in [1.29, 1.82) is 0 Å². The molecule has 1 heterocycles. The van der Waals surface area contributed by atoms with Crippen molar-refractivity contribution in [1.82, 2.24) is 4.57 Å². The van der Waals surface area contributed by atoms with Crippen molar-refractivity contribution < 1.29 is 19.1 Å². The van der Waals surface area contributed by atoms with Gasteiger partial charge in [-0.25, -0.2) is 9.59 Å². The summed E-state index contributed by atoms with van der Waals surface area (Å²) in [6.07, 6.45) is 1.27. The van der Waals surface area contributed by atoms with Crippen LogP contribution in [0.1, 0.15) is 34.7 Å². The van der Waals surface area contributed by atoms with Crippen molar-refractivity contribution in [2.75, 3.05) is 13.2 Å². The van der Waals surface area contributed by atoms with Crippen LogP contribution in [0.3, 0.4) is 0 Å². The molecule has 0 aromatic carbocycles. The molecule has 0 bridgehead atoms. The lowest BCUT2D eigenvalue weighted by Crippen LogP contribution is -2.23. The molecule has 0 N–H and O–H groups in total. The van der Waals surface area contributed by atoms with Crippen LogP contribution in [0.4, 0.5) is 0 Å². The molecule has 6 nitrogen and oxygen atoms in total. The van der Waals surface area contributed by atoms with E-state index in [-0.39, 0.29) is 24.5 Å². The van der Waals surface area contributed by atoms with Gasteiger partial charge in [0.1, 0.15) is 11.3 Å². The first kappa shape index (κ1) is 14.0. The van der Waals surface area contributed by atoms with Crippen molar-refractivity contribution in [2.45, 2.75) is 13.8 Å². The molecular weight excluding hydrogens is 238 g/mol. The van der Waals surface area contributed by atoms with E-state index in [0.717, 1.165) is 6.07 Å². The van der Waals surface area contributed by atoms with Gasteiger partial charge in [-0.1, -0.05) is 0 Å². The number of carbonyl (C=O) groups is 2. The first-order valence-corrected chi connectivity index (χ1v) is 5.56. The molecule has 6 heteroatoms. The van der Waals surface area contributed by atoms with Crippen molar-refractivity contribution in [3.05, 3.63) is 33.7 Å². The van der Waals surface area contributed by atoms with Gasteiger partial charge in [0.25, 0.3) is 0 Å². The molecule has 18 heavy (non-hydrogen) atoms. The SMILES string of the molecule is CCOC(=O)c1cn(C)c(C(=O)OCC)cc1=O. The summed E-state index contributed by atoms with van der Waals surface area (Å²) in [6, 6.07) is 1.07. The Balaban J connectivity index is 3.16. The number of esters is 2. The van der Waals surface area contributed by atoms with Crippen molar-refractivity contribution in [2.24, 2.45) is 7.05 Å². The van der Waals surface area contributed by atoms with Gasteiger partial charge in [-0.3, -0.25) is 4.79 Å².